The summed E-state index contributed by atoms with van der Waals surface area (Å²) in [5, 5.41) is 0. The Bertz CT molecular complexity index is 283. The first kappa shape index (κ1) is 9.96. The van der Waals surface area contributed by atoms with Crippen LogP contribution in [0.4, 0.5) is 0 Å². The number of aromatic nitrogens is 2. The van der Waals surface area contributed by atoms with Gasteiger partial charge in [-0.05, 0) is 11.8 Å². The van der Waals surface area contributed by atoms with E-state index in [1.54, 1.807) is 6.20 Å². The zero-order valence-corrected chi connectivity index (χ0v) is 8.45. The summed E-state index contributed by atoms with van der Waals surface area (Å²) in [6, 6.07) is 0. The first-order chi connectivity index (χ1) is 6.03. The van der Waals surface area contributed by atoms with E-state index in [0.29, 0.717) is 11.2 Å². The molecule has 0 aliphatic carbocycles. The van der Waals surface area contributed by atoms with E-state index in [-0.39, 0.29) is 0 Å². The van der Waals surface area contributed by atoms with Gasteiger partial charge in [0.15, 0.2) is 12.1 Å². The van der Waals surface area contributed by atoms with Crippen molar-refractivity contribution in [2.24, 2.45) is 5.41 Å². The molecule has 0 saturated carbocycles. The van der Waals surface area contributed by atoms with Crippen LogP contribution in [0.15, 0.2) is 12.4 Å². The van der Waals surface area contributed by atoms with E-state index in [1.807, 2.05) is 10.8 Å². The van der Waals surface area contributed by atoms with Gasteiger partial charge in [0.25, 0.3) is 0 Å². The highest BCUT2D eigenvalue weighted by Crippen LogP contribution is 2.19. The first-order valence-electron chi connectivity index (χ1n) is 4.49. The fraction of sp³-hybridized carbons (Fsp3) is 0.600. The molecule has 1 aromatic rings. The lowest BCUT2D eigenvalue weighted by atomic mass is 9.92. The Balaban J connectivity index is 2.59. The van der Waals surface area contributed by atoms with Gasteiger partial charge >= 0.3 is 0 Å². The molecule has 0 aliphatic heterocycles. The lowest BCUT2D eigenvalue weighted by Crippen LogP contribution is -2.11. The van der Waals surface area contributed by atoms with Crippen molar-refractivity contribution in [3.8, 4) is 0 Å². The monoisotopic (exact) mass is 180 g/mol. The normalized spacial score (nSPS) is 11.6. The minimum atomic E-state index is 0.296. The van der Waals surface area contributed by atoms with Crippen molar-refractivity contribution < 1.29 is 4.79 Å². The maximum atomic E-state index is 10.5. The van der Waals surface area contributed by atoms with Gasteiger partial charge in [0.1, 0.15) is 0 Å². The number of aldehydes is 1. The molecule has 3 heteroatoms. The third kappa shape index (κ3) is 3.01. The van der Waals surface area contributed by atoms with E-state index in [9.17, 15) is 4.79 Å². The van der Waals surface area contributed by atoms with Crippen LogP contribution >= 0.6 is 0 Å². The van der Waals surface area contributed by atoms with Crippen molar-refractivity contribution in [1.82, 2.24) is 9.55 Å². The molecular formula is C10H16N2O. The maximum absolute atomic E-state index is 10.5. The van der Waals surface area contributed by atoms with Crippen LogP contribution in [0.3, 0.4) is 0 Å². The minimum absolute atomic E-state index is 0.296. The van der Waals surface area contributed by atoms with Gasteiger partial charge in [-0.3, -0.25) is 4.79 Å². The molecule has 1 heterocycles. The van der Waals surface area contributed by atoms with Crippen LogP contribution in [0.5, 0.6) is 0 Å². The van der Waals surface area contributed by atoms with Gasteiger partial charge < -0.3 is 4.57 Å². The first-order valence-corrected chi connectivity index (χ1v) is 4.49. The molecule has 0 radical (unpaired) electrons. The quantitative estimate of drug-likeness (QED) is 0.668. The van der Waals surface area contributed by atoms with Crippen LogP contribution in [-0.2, 0) is 6.54 Å². The average molecular weight is 180 g/mol. The fourth-order valence-corrected chi connectivity index (χ4v) is 1.08. The minimum Gasteiger partial charge on any atom is -0.329 e. The number of nitrogens with zero attached hydrogens (tertiary/aromatic N) is 2. The maximum Gasteiger partial charge on any atom is 0.185 e. The summed E-state index contributed by atoms with van der Waals surface area (Å²) in [5.74, 6) is 0.518. The van der Waals surface area contributed by atoms with Crippen molar-refractivity contribution in [3.05, 3.63) is 18.2 Å². The van der Waals surface area contributed by atoms with Crippen molar-refractivity contribution in [2.45, 2.75) is 33.7 Å². The molecule has 13 heavy (non-hydrogen) atoms. The third-order valence-electron chi connectivity index (χ3n) is 1.96. The summed E-state index contributed by atoms with van der Waals surface area (Å²) in [6.07, 6.45) is 5.34. The van der Waals surface area contributed by atoms with E-state index in [2.05, 4.69) is 25.8 Å². The molecule has 3 nitrogen and oxygen atoms in total. The Morgan fingerprint density at radius 2 is 2.23 bits per heavy atom. The molecule has 0 fully saturated rings. The van der Waals surface area contributed by atoms with Crippen molar-refractivity contribution >= 4 is 6.29 Å². The van der Waals surface area contributed by atoms with Crippen molar-refractivity contribution in [3.63, 3.8) is 0 Å². The predicted molar refractivity (Wildman–Crippen MR) is 51.7 cm³/mol. The van der Waals surface area contributed by atoms with Gasteiger partial charge in [0.05, 0.1) is 0 Å². The molecule has 0 aromatic carbocycles. The standard InChI is InChI=1S/C10H16N2O/c1-10(2,3)4-6-12-7-5-11-9(12)8-13/h5,7-8H,4,6H2,1-3H3. The van der Waals surface area contributed by atoms with E-state index < -0.39 is 0 Å². The smallest absolute Gasteiger partial charge is 0.185 e. The summed E-state index contributed by atoms with van der Waals surface area (Å²) in [5.41, 5.74) is 0.296. The number of carbonyl (C=O) groups is 1. The topological polar surface area (TPSA) is 34.9 Å². The summed E-state index contributed by atoms with van der Waals surface area (Å²) in [6.45, 7) is 7.41. The van der Waals surface area contributed by atoms with E-state index in [4.69, 9.17) is 0 Å². The van der Waals surface area contributed by atoms with Gasteiger partial charge in [-0.25, -0.2) is 4.98 Å². The van der Waals surface area contributed by atoms with Crippen molar-refractivity contribution in [2.75, 3.05) is 0 Å². The van der Waals surface area contributed by atoms with E-state index in [1.165, 1.54) is 0 Å². The molecule has 0 aliphatic rings. The summed E-state index contributed by atoms with van der Waals surface area (Å²) in [7, 11) is 0. The van der Waals surface area contributed by atoms with Crippen LogP contribution in [0, 0.1) is 5.41 Å². The van der Waals surface area contributed by atoms with Gasteiger partial charge in [-0.15, -0.1) is 0 Å². The molecule has 0 atom stereocenters. The number of hydrogen-bond donors (Lipinski definition) is 0. The third-order valence-corrected chi connectivity index (χ3v) is 1.96. The second kappa shape index (κ2) is 3.73. The largest absolute Gasteiger partial charge is 0.329 e. The molecule has 1 aromatic heterocycles. The molecule has 72 valence electrons. The summed E-state index contributed by atoms with van der Waals surface area (Å²) < 4.78 is 1.89. The van der Waals surface area contributed by atoms with Crippen LogP contribution < -0.4 is 0 Å². The molecule has 0 saturated heterocycles. The summed E-state index contributed by atoms with van der Waals surface area (Å²) in [4.78, 5) is 14.5. The predicted octanol–water partition coefficient (Wildman–Crippen LogP) is 2.13. The van der Waals surface area contributed by atoms with Gasteiger partial charge in [-0.1, -0.05) is 20.8 Å². The van der Waals surface area contributed by atoms with Gasteiger partial charge in [-0.2, -0.15) is 0 Å². The van der Waals surface area contributed by atoms with Crippen LogP contribution in [-0.4, -0.2) is 15.8 Å². The highest BCUT2D eigenvalue weighted by molar-refractivity contribution is 5.69. The molecule has 1 rings (SSSR count). The highest BCUT2D eigenvalue weighted by atomic mass is 16.1. The lowest BCUT2D eigenvalue weighted by molar-refractivity contribution is 0.111. The fourth-order valence-electron chi connectivity index (χ4n) is 1.08. The number of carbonyl (C=O) groups excluding carboxylic acids is 1. The Morgan fingerprint density at radius 3 is 2.77 bits per heavy atom. The summed E-state index contributed by atoms with van der Waals surface area (Å²) >= 11 is 0. The zero-order chi connectivity index (χ0) is 9.90. The molecule has 0 N–H and O–H groups in total. The Labute approximate surface area is 78.8 Å². The number of aryl methyl sites for hydroxylation is 1. The number of rotatable bonds is 3. The molecule has 0 unspecified atom stereocenters. The van der Waals surface area contributed by atoms with Crippen LogP contribution in [0.1, 0.15) is 37.8 Å². The van der Waals surface area contributed by atoms with Gasteiger partial charge in [0, 0.05) is 18.9 Å². The van der Waals surface area contributed by atoms with Gasteiger partial charge in [0.2, 0.25) is 0 Å². The molecule has 0 amide bonds. The second-order valence-corrected chi connectivity index (χ2v) is 4.41. The van der Waals surface area contributed by atoms with Crippen LogP contribution in [0.2, 0.25) is 0 Å². The zero-order valence-electron chi connectivity index (χ0n) is 8.45. The molecular weight excluding hydrogens is 164 g/mol. The molecule has 0 spiro atoms. The number of imidazole rings is 1. The second-order valence-electron chi connectivity index (χ2n) is 4.41. The lowest BCUT2D eigenvalue weighted by Gasteiger charge is -2.18. The van der Waals surface area contributed by atoms with E-state index in [0.717, 1.165) is 19.3 Å². The van der Waals surface area contributed by atoms with Crippen molar-refractivity contribution in [1.29, 1.82) is 0 Å². The Hall–Kier alpha value is -1.12. The number of hydrogen-bond acceptors (Lipinski definition) is 2. The average Bonchev–Trinajstić information content (AvgIpc) is 2.46. The SMILES string of the molecule is CC(C)(C)CCn1ccnc1C=O. The molecule has 0 bridgehead atoms. The highest BCUT2D eigenvalue weighted by Gasteiger charge is 2.10. The van der Waals surface area contributed by atoms with Crippen LogP contribution in [0.25, 0.3) is 0 Å². The Morgan fingerprint density at radius 1 is 1.54 bits per heavy atom. The van der Waals surface area contributed by atoms with E-state index >= 15 is 0 Å². The Kier molecular flexibility index (Phi) is 2.86.